The van der Waals surface area contributed by atoms with Crippen molar-refractivity contribution in [2.24, 2.45) is 5.92 Å². The van der Waals surface area contributed by atoms with Gasteiger partial charge in [0.2, 0.25) is 10.0 Å². The molecular formula is C13H17Br2NO2S. The van der Waals surface area contributed by atoms with Crippen LogP contribution in [0.25, 0.3) is 0 Å². The van der Waals surface area contributed by atoms with Crippen LogP contribution in [0.3, 0.4) is 0 Å². The predicted octanol–water partition coefficient (Wildman–Crippen LogP) is 4.07. The van der Waals surface area contributed by atoms with E-state index in [1.165, 1.54) is 6.42 Å². The molecule has 0 bridgehead atoms. The summed E-state index contributed by atoms with van der Waals surface area (Å²) in [5.74, 6) is 0.398. The number of rotatable bonds is 3. The van der Waals surface area contributed by atoms with E-state index < -0.39 is 10.0 Å². The van der Waals surface area contributed by atoms with Crippen LogP contribution in [0.2, 0.25) is 0 Å². The Kier molecular flexibility index (Phi) is 5.09. The van der Waals surface area contributed by atoms with Crippen molar-refractivity contribution in [3.8, 4) is 0 Å². The summed E-state index contributed by atoms with van der Waals surface area (Å²) in [5, 5.41) is 0. The molecule has 1 saturated carbocycles. The van der Waals surface area contributed by atoms with Crippen LogP contribution >= 0.6 is 31.9 Å². The SMILES string of the molecule is C[C@@H]1CCCC[C@@H]1NS(=O)(=O)c1cc(Br)ccc1Br. The van der Waals surface area contributed by atoms with E-state index >= 15 is 0 Å². The summed E-state index contributed by atoms with van der Waals surface area (Å²) >= 11 is 6.62. The van der Waals surface area contributed by atoms with E-state index in [1.807, 2.05) is 6.07 Å². The van der Waals surface area contributed by atoms with Crippen molar-refractivity contribution in [1.29, 1.82) is 0 Å². The van der Waals surface area contributed by atoms with Crippen LogP contribution in [-0.2, 0) is 10.0 Å². The maximum atomic E-state index is 12.5. The highest BCUT2D eigenvalue weighted by Crippen LogP contribution is 2.29. The summed E-state index contributed by atoms with van der Waals surface area (Å²) in [6.07, 6.45) is 4.30. The van der Waals surface area contributed by atoms with Gasteiger partial charge in [-0.15, -0.1) is 0 Å². The molecule has 0 radical (unpaired) electrons. The Morgan fingerprint density at radius 3 is 2.58 bits per heavy atom. The Bertz CT molecular complexity index is 560. The summed E-state index contributed by atoms with van der Waals surface area (Å²) in [6, 6.07) is 5.22. The molecule has 1 aromatic rings. The van der Waals surface area contributed by atoms with E-state index in [0.717, 1.165) is 23.7 Å². The first-order valence-electron chi connectivity index (χ1n) is 6.37. The van der Waals surface area contributed by atoms with E-state index in [0.29, 0.717) is 15.3 Å². The summed E-state index contributed by atoms with van der Waals surface area (Å²) < 4.78 is 29.1. The first kappa shape index (κ1) is 15.5. The van der Waals surface area contributed by atoms with Gasteiger partial charge in [0.05, 0.1) is 4.90 Å². The van der Waals surface area contributed by atoms with Gasteiger partial charge in [0.25, 0.3) is 0 Å². The van der Waals surface area contributed by atoms with Gasteiger partial charge in [0, 0.05) is 15.0 Å². The third-order valence-electron chi connectivity index (χ3n) is 3.60. The molecule has 0 spiro atoms. The highest BCUT2D eigenvalue weighted by molar-refractivity contribution is 9.11. The predicted molar refractivity (Wildman–Crippen MR) is 83.6 cm³/mol. The van der Waals surface area contributed by atoms with E-state index in [-0.39, 0.29) is 6.04 Å². The Labute approximate surface area is 131 Å². The van der Waals surface area contributed by atoms with Crippen molar-refractivity contribution >= 4 is 41.9 Å². The van der Waals surface area contributed by atoms with Crippen molar-refractivity contribution in [3.05, 3.63) is 27.1 Å². The smallest absolute Gasteiger partial charge is 0.208 e. The maximum Gasteiger partial charge on any atom is 0.241 e. The van der Waals surface area contributed by atoms with E-state index in [9.17, 15) is 8.42 Å². The lowest BCUT2D eigenvalue weighted by atomic mass is 9.87. The third kappa shape index (κ3) is 3.80. The molecule has 0 heterocycles. The number of hydrogen-bond donors (Lipinski definition) is 1. The number of hydrogen-bond acceptors (Lipinski definition) is 2. The minimum Gasteiger partial charge on any atom is -0.208 e. The van der Waals surface area contributed by atoms with Gasteiger partial charge < -0.3 is 0 Å². The van der Waals surface area contributed by atoms with Gasteiger partial charge in [-0.05, 0) is 52.9 Å². The standard InChI is InChI=1S/C13H17Br2NO2S/c1-9-4-2-3-5-12(9)16-19(17,18)13-8-10(14)6-7-11(13)15/h6-9,12,16H,2-5H2,1H3/t9-,12+/m1/s1. The molecule has 106 valence electrons. The summed E-state index contributed by atoms with van der Waals surface area (Å²) in [5.41, 5.74) is 0. The fourth-order valence-electron chi connectivity index (χ4n) is 2.44. The second kappa shape index (κ2) is 6.24. The molecule has 2 rings (SSSR count). The molecule has 0 unspecified atom stereocenters. The third-order valence-corrected chi connectivity index (χ3v) is 6.58. The first-order chi connectivity index (χ1) is 8.90. The van der Waals surface area contributed by atoms with E-state index in [1.54, 1.807) is 12.1 Å². The lowest BCUT2D eigenvalue weighted by Gasteiger charge is -2.29. The highest BCUT2D eigenvalue weighted by atomic mass is 79.9. The van der Waals surface area contributed by atoms with Crippen molar-refractivity contribution in [1.82, 2.24) is 4.72 Å². The van der Waals surface area contributed by atoms with Crippen LogP contribution in [0.15, 0.2) is 32.0 Å². The zero-order chi connectivity index (χ0) is 14.0. The zero-order valence-corrected chi connectivity index (χ0v) is 14.7. The van der Waals surface area contributed by atoms with Gasteiger partial charge in [-0.25, -0.2) is 13.1 Å². The lowest BCUT2D eigenvalue weighted by molar-refractivity contribution is 0.310. The molecule has 1 aliphatic carbocycles. The quantitative estimate of drug-likeness (QED) is 0.816. The molecule has 3 nitrogen and oxygen atoms in total. The van der Waals surface area contributed by atoms with Crippen LogP contribution in [0.5, 0.6) is 0 Å². The second-order valence-electron chi connectivity index (χ2n) is 5.06. The second-order valence-corrected chi connectivity index (χ2v) is 8.52. The fourth-order valence-corrected chi connectivity index (χ4v) is 5.32. The molecule has 0 saturated heterocycles. The summed E-state index contributed by atoms with van der Waals surface area (Å²) in [7, 11) is -3.47. The van der Waals surface area contributed by atoms with Crippen molar-refractivity contribution < 1.29 is 8.42 Å². The lowest BCUT2D eigenvalue weighted by Crippen LogP contribution is -2.41. The Morgan fingerprint density at radius 2 is 1.89 bits per heavy atom. The molecule has 1 fully saturated rings. The van der Waals surface area contributed by atoms with Gasteiger partial charge in [-0.1, -0.05) is 35.7 Å². The van der Waals surface area contributed by atoms with Gasteiger partial charge in [0.15, 0.2) is 0 Å². The molecular weight excluding hydrogens is 394 g/mol. The number of nitrogens with one attached hydrogen (secondary N) is 1. The minimum atomic E-state index is -3.47. The molecule has 1 N–H and O–H groups in total. The molecule has 0 aliphatic heterocycles. The van der Waals surface area contributed by atoms with Gasteiger partial charge in [-0.3, -0.25) is 0 Å². The molecule has 19 heavy (non-hydrogen) atoms. The molecule has 0 amide bonds. The number of sulfonamides is 1. The van der Waals surface area contributed by atoms with Gasteiger partial charge in [0.1, 0.15) is 0 Å². The molecule has 0 aromatic heterocycles. The average Bonchev–Trinajstić information content (AvgIpc) is 2.35. The normalized spacial score (nSPS) is 24.4. The summed E-state index contributed by atoms with van der Waals surface area (Å²) in [4.78, 5) is 0.291. The van der Waals surface area contributed by atoms with Crippen LogP contribution in [0.4, 0.5) is 0 Å². The van der Waals surface area contributed by atoms with Crippen LogP contribution in [-0.4, -0.2) is 14.5 Å². The van der Waals surface area contributed by atoms with Crippen LogP contribution in [0.1, 0.15) is 32.6 Å². The van der Waals surface area contributed by atoms with E-state index in [2.05, 4.69) is 43.5 Å². The Hall–Kier alpha value is 0.0900. The number of halogens is 2. The molecule has 1 aromatic carbocycles. The first-order valence-corrected chi connectivity index (χ1v) is 9.44. The van der Waals surface area contributed by atoms with Crippen molar-refractivity contribution in [3.63, 3.8) is 0 Å². The van der Waals surface area contributed by atoms with Crippen molar-refractivity contribution in [2.75, 3.05) is 0 Å². The van der Waals surface area contributed by atoms with Crippen molar-refractivity contribution in [2.45, 2.75) is 43.5 Å². The highest BCUT2D eigenvalue weighted by Gasteiger charge is 2.27. The van der Waals surface area contributed by atoms with Gasteiger partial charge >= 0.3 is 0 Å². The Balaban J connectivity index is 2.24. The average molecular weight is 411 g/mol. The largest absolute Gasteiger partial charge is 0.241 e. The minimum absolute atomic E-state index is 0.0460. The maximum absolute atomic E-state index is 12.5. The summed E-state index contributed by atoms with van der Waals surface area (Å²) in [6.45, 7) is 2.11. The monoisotopic (exact) mass is 409 g/mol. The fraction of sp³-hybridized carbons (Fsp3) is 0.538. The van der Waals surface area contributed by atoms with Crippen LogP contribution < -0.4 is 4.72 Å². The topological polar surface area (TPSA) is 46.2 Å². The Morgan fingerprint density at radius 1 is 1.21 bits per heavy atom. The van der Waals surface area contributed by atoms with E-state index in [4.69, 9.17) is 0 Å². The van der Waals surface area contributed by atoms with Gasteiger partial charge in [-0.2, -0.15) is 0 Å². The number of benzene rings is 1. The molecule has 6 heteroatoms. The zero-order valence-electron chi connectivity index (χ0n) is 10.7. The molecule has 2 atom stereocenters. The van der Waals surface area contributed by atoms with Crippen LogP contribution in [0, 0.1) is 5.92 Å². The molecule has 1 aliphatic rings.